The van der Waals surface area contributed by atoms with Crippen molar-refractivity contribution in [1.82, 2.24) is 0 Å². The molecule has 2 aromatic rings. The molecule has 90 valence electrons. The van der Waals surface area contributed by atoms with Crippen molar-refractivity contribution < 1.29 is 0 Å². The summed E-state index contributed by atoms with van der Waals surface area (Å²) in [7, 11) is 0. The predicted octanol–water partition coefficient (Wildman–Crippen LogP) is 4.75. The van der Waals surface area contributed by atoms with E-state index in [9.17, 15) is 0 Å². The molecule has 0 heterocycles. The van der Waals surface area contributed by atoms with Crippen LogP contribution in [0.2, 0.25) is 0 Å². The van der Waals surface area contributed by atoms with Gasteiger partial charge in [0.25, 0.3) is 0 Å². The van der Waals surface area contributed by atoms with Crippen LogP contribution in [-0.4, -0.2) is 6.01 Å². The molecule has 0 unspecified atom stereocenters. The fourth-order valence-corrected chi connectivity index (χ4v) is 1.73. The summed E-state index contributed by atoms with van der Waals surface area (Å²) >= 11 is 0. The van der Waals surface area contributed by atoms with Crippen molar-refractivity contribution >= 4 is 17.4 Å². The normalized spacial score (nSPS) is 9.72. The zero-order valence-corrected chi connectivity index (χ0v) is 10.9. The highest BCUT2D eigenvalue weighted by Crippen LogP contribution is 2.22. The van der Waals surface area contributed by atoms with Gasteiger partial charge in [-0.3, -0.25) is 0 Å². The van der Waals surface area contributed by atoms with Crippen molar-refractivity contribution in [1.29, 1.82) is 0 Å². The Kier molecular flexibility index (Phi) is 3.71. The van der Waals surface area contributed by atoms with Crippen molar-refractivity contribution in [3.8, 4) is 0 Å². The van der Waals surface area contributed by atoms with E-state index in [0.29, 0.717) is 0 Å². The van der Waals surface area contributed by atoms with Gasteiger partial charge in [-0.15, -0.1) is 0 Å². The van der Waals surface area contributed by atoms with E-state index in [0.717, 1.165) is 22.5 Å². The molecule has 0 aliphatic carbocycles. The Bertz CT molecular complexity index is 583. The molecular weight excluding hydrogens is 220 g/mol. The molecule has 0 saturated carbocycles. The number of rotatable bonds is 2. The molecule has 0 saturated heterocycles. The van der Waals surface area contributed by atoms with Crippen LogP contribution in [-0.2, 0) is 0 Å². The smallest absolute Gasteiger partial charge is 0.100 e. The molecule has 2 aromatic carbocycles. The van der Waals surface area contributed by atoms with E-state index in [1.165, 1.54) is 5.56 Å². The first-order valence-electron chi connectivity index (χ1n) is 5.96. The molecule has 0 spiro atoms. The molecule has 2 rings (SSSR count). The van der Waals surface area contributed by atoms with Crippen LogP contribution in [0.25, 0.3) is 0 Å². The highest BCUT2D eigenvalue weighted by Gasteiger charge is 1.97. The Morgan fingerprint density at radius 2 is 1.39 bits per heavy atom. The average molecular weight is 236 g/mol. The van der Waals surface area contributed by atoms with Crippen LogP contribution in [0.15, 0.2) is 52.4 Å². The zero-order chi connectivity index (χ0) is 13.0. The van der Waals surface area contributed by atoms with Crippen molar-refractivity contribution in [3.05, 3.63) is 59.2 Å². The van der Waals surface area contributed by atoms with Crippen molar-refractivity contribution in [3.63, 3.8) is 0 Å². The highest BCUT2D eigenvalue weighted by atomic mass is 14.8. The van der Waals surface area contributed by atoms with Crippen LogP contribution < -0.4 is 0 Å². The van der Waals surface area contributed by atoms with Gasteiger partial charge in [-0.2, -0.15) is 9.98 Å². The zero-order valence-electron chi connectivity index (χ0n) is 10.9. The van der Waals surface area contributed by atoms with Crippen molar-refractivity contribution in [2.75, 3.05) is 0 Å². The third-order valence-electron chi connectivity index (χ3n) is 2.81. The van der Waals surface area contributed by atoms with Crippen LogP contribution in [0.4, 0.5) is 11.4 Å². The van der Waals surface area contributed by atoms with E-state index in [4.69, 9.17) is 0 Å². The number of hydrogen-bond acceptors (Lipinski definition) is 2. The van der Waals surface area contributed by atoms with E-state index in [1.807, 2.05) is 56.3 Å². The maximum Gasteiger partial charge on any atom is 0.100 e. The van der Waals surface area contributed by atoms with E-state index in [1.54, 1.807) is 0 Å². The average Bonchev–Trinajstić information content (AvgIpc) is 2.35. The number of aliphatic imine (C=N–C) groups is 2. The number of para-hydroxylation sites is 1. The standard InChI is InChI=1S/C16H16N2/c1-12-7-9-15(10-8-12)17-11-18-16-13(2)5-4-6-14(16)3/h4-10H,1-3H3. The molecule has 0 aliphatic heterocycles. The molecular formula is C16H16N2. The van der Waals surface area contributed by atoms with Gasteiger partial charge < -0.3 is 0 Å². The van der Waals surface area contributed by atoms with Crippen LogP contribution in [0.3, 0.4) is 0 Å². The number of nitrogens with zero attached hydrogens (tertiary/aromatic N) is 2. The van der Waals surface area contributed by atoms with Gasteiger partial charge in [-0.1, -0.05) is 35.9 Å². The minimum Gasteiger partial charge on any atom is -0.188 e. The van der Waals surface area contributed by atoms with E-state index >= 15 is 0 Å². The van der Waals surface area contributed by atoms with Gasteiger partial charge >= 0.3 is 0 Å². The predicted molar refractivity (Wildman–Crippen MR) is 76.3 cm³/mol. The third-order valence-corrected chi connectivity index (χ3v) is 2.81. The Morgan fingerprint density at radius 1 is 0.778 bits per heavy atom. The van der Waals surface area contributed by atoms with Crippen LogP contribution in [0, 0.1) is 20.8 Å². The molecule has 0 amide bonds. The van der Waals surface area contributed by atoms with Gasteiger partial charge in [0.1, 0.15) is 6.01 Å². The minimum absolute atomic E-state index is 0.871. The first-order chi connectivity index (χ1) is 8.66. The SMILES string of the molecule is Cc1ccc(N=C=Nc2c(C)cccc2C)cc1. The minimum atomic E-state index is 0.871. The van der Waals surface area contributed by atoms with Crippen molar-refractivity contribution in [2.24, 2.45) is 9.98 Å². The molecule has 0 aliphatic rings. The van der Waals surface area contributed by atoms with Crippen molar-refractivity contribution in [2.45, 2.75) is 20.8 Å². The summed E-state index contributed by atoms with van der Waals surface area (Å²) in [6.45, 7) is 6.14. The second-order valence-corrected chi connectivity index (χ2v) is 4.40. The fourth-order valence-electron chi connectivity index (χ4n) is 1.73. The van der Waals surface area contributed by atoms with Gasteiger partial charge in [-0.25, -0.2) is 0 Å². The maximum absolute atomic E-state index is 4.31. The lowest BCUT2D eigenvalue weighted by Crippen LogP contribution is -1.78. The van der Waals surface area contributed by atoms with Crippen LogP contribution >= 0.6 is 0 Å². The monoisotopic (exact) mass is 236 g/mol. The molecule has 2 heteroatoms. The maximum atomic E-state index is 4.31. The molecule has 0 aromatic heterocycles. The lowest BCUT2D eigenvalue weighted by molar-refractivity contribution is 1.33. The number of aryl methyl sites for hydroxylation is 3. The summed E-state index contributed by atoms with van der Waals surface area (Å²) in [6, 6.07) is 16.9. The Morgan fingerprint density at radius 3 is 2.00 bits per heavy atom. The molecule has 0 radical (unpaired) electrons. The fraction of sp³-hybridized carbons (Fsp3) is 0.188. The lowest BCUT2D eigenvalue weighted by atomic mass is 10.1. The molecule has 0 bridgehead atoms. The van der Waals surface area contributed by atoms with Gasteiger partial charge in [0.2, 0.25) is 0 Å². The van der Waals surface area contributed by atoms with Crippen LogP contribution in [0.1, 0.15) is 16.7 Å². The van der Waals surface area contributed by atoms with E-state index in [2.05, 4.69) is 22.9 Å². The third kappa shape index (κ3) is 2.93. The van der Waals surface area contributed by atoms with Crippen LogP contribution in [0.5, 0.6) is 0 Å². The second kappa shape index (κ2) is 5.44. The second-order valence-electron chi connectivity index (χ2n) is 4.40. The molecule has 0 atom stereocenters. The van der Waals surface area contributed by atoms with Gasteiger partial charge in [0.15, 0.2) is 0 Å². The van der Waals surface area contributed by atoms with E-state index in [-0.39, 0.29) is 0 Å². The summed E-state index contributed by atoms with van der Waals surface area (Å²) in [5.41, 5.74) is 5.33. The number of benzene rings is 2. The highest BCUT2D eigenvalue weighted by molar-refractivity contribution is 5.62. The summed E-state index contributed by atoms with van der Waals surface area (Å²) < 4.78 is 0. The summed E-state index contributed by atoms with van der Waals surface area (Å²) in [5, 5.41) is 0. The molecule has 18 heavy (non-hydrogen) atoms. The quantitative estimate of drug-likeness (QED) is 0.672. The Balaban J connectivity index is 2.28. The lowest BCUT2D eigenvalue weighted by Gasteiger charge is -2.00. The van der Waals surface area contributed by atoms with Gasteiger partial charge in [0.05, 0.1) is 11.4 Å². The summed E-state index contributed by atoms with van der Waals surface area (Å²) in [6.07, 6.45) is 0. The van der Waals surface area contributed by atoms with Gasteiger partial charge in [0, 0.05) is 0 Å². The molecule has 0 N–H and O–H groups in total. The summed E-state index contributed by atoms with van der Waals surface area (Å²) in [5.74, 6) is 0. The largest absolute Gasteiger partial charge is 0.188 e. The topological polar surface area (TPSA) is 24.7 Å². The summed E-state index contributed by atoms with van der Waals surface area (Å²) in [4.78, 5) is 8.51. The Labute approximate surface area is 108 Å². The van der Waals surface area contributed by atoms with Gasteiger partial charge in [-0.05, 0) is 44.0 Å². The molecule has 2 nitrogen and oxygen atoms in total. The number of hydrogen-bond donors (Lipinski definition) is 0. The first-order valence-corrected chi connectivity index (χ1v) is 5.96. The van der Waals surface area contributed by atoms with E-state index < -0.39 is 0 Å². The first kappa shape index (κ1) is 12.3. The molecule has 0 fully saturated rings. The Hall–Kier alpha value is -2.18.